The molecular weight excluding hydrogens is 392 g/mol. The number of hydrogen-bond donors (Lipinski definition) is 1. The Balaban J connectivity index is 1.77. The molecule has 0 unspecified atom stereocenters. The summed E-state index contributed by atoms with van der Waals surface area (Å²) in [5.74, 6) is -1.29. The van der Waals surface area contributed by atoms with Gasteiger partial charge >= 0.3 is 5.97 Å². The van der Waals surface area contributed by atoms with Crippen LogP contribution < -0.4 is 4.90 Å². The number of hydrogen-bond acceptors (Lipinski definition) is 4. The largest absolute Gasteiger partial charge is 0.478 e. The molecule has 3 aromatic rings. The van der Waals surface area contributed by atoms with Crippen molar-refractivity contribution in [3.63, 3.8) is 0 Å². The first-order valence-electron chi connectivity index (χ1n) is 8.53. The number of amides is 1. The van der Waals surface area contributed by atoms with E-state index in [0.29, 0.717) is 14.9 Å². The van der Waals surface area contributed by atoms with E-state index in [0.717, 1.165) is 22.0 Å². The molecule has 1 fully saturated rings. The summed E-state index contributed by atoms with van der Waals surface area (Å²) < 4.78 is 2.41. The number of aromatic carboxylic acids is 1. The third kappa shape index (κ3) is 3.02. The fourth-order valence-corrected chi connectivity index (χ4v) is 4.56. The maximum atomic E-state index is 13.1. The number of carbonyl (C=O) groups is 2. The van der Waals surface area contributed by atoms with Gasteiger partial charge in [-0.05, 0) is 36.8 Å². The molecule has 2 heterocycles. The Morgan fingerprint density at radius 1 is 1.21 bits per heavy atom. The van der Waals surface area contributed by atoms with Crippen molar-refractivity contribution in [3.8, 4) is 0 Å². The first kappa shape index (κ1) is 18.5. The number of fused-ring (bicyclic) bond motifs is 1. The van der Waals surface area contributed by atoms with E-state index >= 15 is 0 Å². The van der Waals surface area contributed by atoms with Gasteiger partial charge in [0.05, 0.1) is 16.2 Å². The standard InChI is InChI=1S/C21H16N2O3S2/c1-12-7-8-13(20(25)26)9-17(12)23-19(24)18(28-21(23)27)10-14-11-22(2)16-6-4-3-5-15(14)16/h3-11H,1-2H3,(H,25,26)/b18-10-. The SMILES string of the molecule is Cc1ccc(C(=O)O)cc1N1C(=O)/C(=C/c2cn(C)c3ccccc23)SC1=S. The summed E-state index contributed by atoms with van der Waals surface area (Å²) >= 11 is 6.66. The predicted octanol–water partition coefficient (Wildman–Crippen LogP) is 4.59. The maximum Gasteiger partial charge on any atom is 0.335 e. The molecule has 1 aliphatic heterocycles. The molecule has 1 amide bonds. The molecule has 140 valence electrons. The molecule has 2 aromatic carbocycles. The second-order valence-corrected chi connectivity index (χ2v) is 8.21. The van der Waals surface area contributed by atoms with Gasteiger partial charge < -0.3 is 9.67 Å². The third-order valence-corrected chi connectivity index (χ3v) is 6.01. The molecule has 0 saturated carbocycles. The van der Waals surface area contributed by atoms with Crippen molar-refractivity contribution in [1.29, 1.82) is 0 Å². The zero-order valence-corrected chi connectivity index (χ0v) is 16.8. The summed E-state index contributed by atoms with van der Waals surface area (Å²) in [5, 5.41) is 10.3. The van der Waals surface area contributed by atoms with Crippen LogP contribution in [0.4, 0.5) is 5.69 Å². The molecule has 0 radical (unpaired) electrons. The minimum absolute atomic E-state index is 0.118. The van der Waals surface area contributed by atoms with E-state index in [9.17, 15) is 14.7 Å². The number of carbonyl (C=O) groups excluding carboxylic acids is 1. The van der Waals surface area contributed by atoms with Gasteiger partial charge in [0.25, 0.3) is 5.91 Å². The van der Waals surface area contributed by atoms with Crippen molar-refractivity contribution in [1.82, 2.24) is 4.57 Å². The van der Waals surface area contributed by atoms with Crippen molar-refractivity contribution < 1.29 is 14.7 Å². The van der Waals surface area contributed by atoms with E-state index in [4.69, 9.17) is 12.2 Å². The highest BCUT2D eigenvalue weighted by Gasteiger charge is 2.34. The molecule has 1 saturated heterocycles. The van der Waals surface area contributed by atoms with Gasteiger partial charge in [-0.3, -0.25) is 9.69 Å². The van der Waals surface area contributed by atoms with Gasteiger partial charge in [-0.1, -0.05) is 48.2 Å². The Labute approximate surface area is 171 Å². The number of thioether (sulfide) groups is 1. The maximum absolute atomic E-state index is 13.1. The van der Waals surface area contributed by atoms with Gasteiger partial charge in [-0.2, -0.15) is 0 Å². The Bertz CT molecular complexity index is 1190. The van der Waals surface area contributed by atoms with Crippen molar-refractivity contribution in [3.05, 3.63) is 70.3 Å². The monoisotopic (exact) mass is 408 g/mol. The van der Waals surface area contributed by atoms with Crippen molar-refractivity contribution in [2.24, 2.45) is 7.05 Å². The van der Waals surface area contributed by atoms with Gasteiger partial charge in [0.2, 0.25) is 0 Å². The number of anilines is 1. The predicted molar refractivity (Wildman–Crippen MR) is 117 cm³/mol. The number of rotatable bonds is 3. The van der Waals surface area contributed by atoms with Crippen LogP contribution in [-0.2, 0) is 11.8 Å². The van der Waals surface area contributed by atoms with Crippen LogP contribution in [0.1, 0.15) is 21.5 Å². The molecule has 1 aromatic heterocycles. The van der Waals surface area contributed by atoms with Crippen LogP contribution in [0.5, 0.6) is 0 Å². The van der Waals surface area contributed by atoms with Crippen LogP contribution in [-0.4, -0.2) is 25.9 Å². The average molecular weight is 409 g/mol. The molecule has 0 spiro atoms. The number of thiocarbonyl (C=S) groups is 1. The van der Waals surface area contributed by atoms with Crippen molar-refractivity contribution >= 4 is 62.8 Å². The molecule has 4 rings (SSSR count). The highest BCUT2D eigenvalue weighted by atomic mass is 32.2. The van der Waals surface area contributed by atoms with E-state index in [1.54, 1.807) is 6.07 Å². The van der Waals surface area contributed by atoms with E-state index < -0.39 is 5.97 Å². The van der Waals surface area contributed by atoms with Crippen LogP contribution >= 0.6 is 24.0 Å². The Kier molecular flexibility index (Phi) is 4.56. The highest BCUT2D eigenvalue weighted by Crippen LogP contribution is 2.38. The summed E-state index contributed by atoms with van der Waals surface area (Å²) in [6, 6.07) is 12.7. The molecule has 1 N–H and O–H groups in total. The third-order valence-electron chi connectivity index (χ3n) is 4.71. The van der Waals surface area contributed by atoms with E-state index in [1.807, 2.05) is 55.1 Å². The van der Waals surface area contributed by atoms with E-state index in [-0.39, 0.29) is 11.5 Å². The fraction of sp³-hybridized carbons (Fsp3) is 0.0952. The minimum atomic E-state index is -1.04. The van der Waals surface area contributed by atoms with Crippen LogP contribution in [0.3, 0.4) is 0 Å². The van der Waals surface area contributed by atoms with Gasteiger partial charge in [-0.25, -0.2) is 4.79 Å². The fourth-order valence-electron chi connectivity index (χ4n) is 3.29. The van der Waals surface area contributed by atoms with Crippen LogP contribution in [0.2, 0.25) is 0 Å². The molecule has 28 heavy (non-hydrogen) atoms. The van der Waals surface area contributed by atoms with Gasteiger partial charge in [0.1, 0.15) is 0 Å². The lowest BCUT2D eigenvalue weighted by molar-refractivity contribution is -0.113. The van der Waals surface area contributed by atoms with Crippen LogP contribution in [0, 0.1) is 6.92 Å². The summed E-state index contributed by atoms with van der Waals surface area (Å²) in [6.07, 6.45) is 3.82. The molecule has 0 atom stereocenters. The number of aromatic nitrogens is 1. The lowest BCUT2D eigenvalue weighted by Crippen LogP contribution is -2.28. The molecule has 7 heteroatoms. The Morgan fingerprint density at radius 3 is 2.71 bits per heavy atom. The Morgan fingerprint density at radius 2 is 1.96 bits per heavy atom. The van der Waals surface area contributed by atoms with E-state index in [2.05, 4.69) is 0 Å². The molecule has 5 nitrogen and oxygen atoms in total. The Hall–Kier alpha value is -2.90. The number of carboxylic acids is 1. The quantitative estimate of drug-likeness (QED) is 0.507. The van der Waals surface area contributed by atoms with Crippen LogP contribution in [0.15, 0.2) is 53.6 Å². The van der Waals surface area contributed by atoms with Gasteiger partial charge in [-0.15, -0.1) is 0 Å². The topological polar surface area (TPSA) is 62.5 Å². The number of benzene rings is 2. The lowest BCUT2D eigenvalue weighted by Gasteiger charge is -2.17. The van der Waals surface area contributed by atoms with Crippen molar-refractivity contribution in [2.75, 3.05) is 4.90 Å². The molecule has 0 aliphatic carbocycles. The molecular formula is C21H16N2O3S2. The normalized spacial score (nSPS) is 15.8. The number of nitrogens with zero attached hydrogens (tertiary/aromatic N) is 2. The number of carboxylic acid groups (broad SMARTS) is 1. The zero-order valence-electron chi connectivity index (χ0n) is 15.2. The van der Waals surface area contributed by atoms with Gasteiger partial charge in [0.15, 0.2) is 4.32 Å². The van der Waals surface area contributed by atoms with Crippen LogP contribution in [0.25, 0.3) is 17.0 Å². The summed E-state index contributed by atoms with van der Waals surface area (Å²) in [7, 11) is 1.96. The summed E-state index contributed by atoms with van der Waals surface area (Å²) in [6.45, 7) is 1.83. The first-order chi connectivity index (χ1) is 13.4. The second kappa shape index (κ2) is 6.92. The number of para-hydroxylation sites is 1. The number of aryl methyl sites for hydroxylation is 2. The summed E-state index contributed by atoms with van der Waals surface area (Å²) in [4.78, 5) is 26.3. The lowest BCUT2D eigenvalue weighted by atomic mass is 10.1. The minimum Gasteiger partial charge on any atom is -0.478 e. The zero-order chi connectivity index (χ0) is 20.0. The summed E-state index contributed by atoms with van der Waals surface area (Å²) in [5.41, 5.74) is 3.42. The smallest absolute Gasteiger partial charge is 0.335 e. The molecule has 1 aliphatic rings. The highest BCUT2D eigenvalue weighted by molar-refractivity contribution is 8.27. The second-order valence-electron chi connectivity index (χ2n) is 6.54. The molecule has 0 bridgehead atoms. The average Bonchev–Trinajstić information content (AvgIpc) is 3.12. The van der Waals surface area contributed by atoms with E-state index in [1.165, 1.54) is 28.8 Å². The first-order valence-corrected chi connectivity index (χ1v) is 9.75. The van der Waals surface area contributed by atoms with Crippen molar-refractivity contribution in [2.45, 2.75) is 6.92 Å². The van der Waals surface area contributed by atoms with Gasteiger partial charge in [0, 0.05) is 29.7 Å².